The quantitative estimate of drug-likeness (QED) is 0.347. The molecule has 0 unspecified atom stereocenters. The maximum atomic E-state index is 13.6. The summed E-state index contributed by atoms with van der Waals surface area (Å²) >= 11 is 0. The standard InChI is InChI=1S/C29H44O8/c1-16(2)6-7-20(30)26(5,33)19-9-11-28(35)18-12-21(31)29(36)13-22-27(34,14-23(32)37-22)15-25(29,4)17(18)8-10-24(19,28)3/h12,16-17,19-20,22,30,33-36H,6-11,13-15H2,1-5H3/t17-,19-,20+,22+,24+,25+,26+,27+,28+,29+/m0/s1. The molecule has 0 aromatic carbocycles. The van der Waals surface area contributed by atoms with Crippen LogP contribution < -0.4 is 0 Å². The van der Waals surface area contributed by atoms with Crippen molar-refractivity contribution in [1.82, 2.24) is 0 Å². The third-order valence-electron chi connectivity index (χ3n) is 11.6. The zero-order valence-corrected chi connectivity index (χ0v) is 22.8. The molecule has 0 aromatic heterocycles. The van der Waals surface area contributed by atoms with E-state index in [4.69, 9.17) is 4.74 Å². The largest absolute Gasteiger partial charge is 0.459 e. The van der Waals surface area contributed by atoms with Crippen molar-refractivity contribution < 1.29 is 39.9 Å². The summed E-state index contributed by atoms with van der Waals surface area (Å²) in [6.45, 7) is 9.56. The van der Waals surface area contributed by atoms with Gasteiger partial charge in [0.1, 0.15) is 17.3 Å². The van der Waals surface area contributed by atoms with E-state index >= 15 is 0 Å². The SMILES string of the molecule is CC(C)CC[C@@H](O)[C@](C)(O)[C@H]1CC[C@@]2(O)C3=CC(=O)[C@]4(O)C[C@H]5OC(=O)C[C@@]5(O)C[C@]4(C)[C@H]3CC[C@]12C. The van der Waals surface area contributed by atoms with Gasteiger partial charge in [0.25, 0.3) is 0 Å². The van der Waals surface area contributed by atoms with Gasteiger partial charge >= 0.3 is 5.97 Å². The molecule has 4 fully saturated rings. The number of ether oxygens (including phenoxy) is 1. The van der Waals surface area contributed by atoms with Gasteiger partial charge in [-0.05, 0) is 81.3 Å². The molecule has 1 heterocycles. The van der Waals surface area contributed by atoms with Gasteiger partial charge in [-0.25, -0.2) is 0 Å². The molecule has 0 aromatic rings. The highest BCUT2D eigenvalue weighted by molar-refractivity contribution is 6.00. The fourth-order valence-electron chi connectivity index (χ4n) is 9.24. The molecule has 37 heavy (non-hydrogen) atoms. The van der Waals surface area contributed by atoms with E-state index in [-0.39, 0.29) is 25.2 Å². The molecule has 3 saturated carbocycles. The lowest BCUT2D eigenvalue weighted by Gasteiger charge is -2.63. The Morgan fingerprint density at radius 3 is 2.38 bits per heavy atom. The van der Waals surface area contributed by atoms with Gasteiger partial charge in [-0.15, -0.1) is 0 Å². The number of carbonyl (C=O) groups excluding carboxylic acids is 2. The average Bonchev–Trinajstić information content (AvgIpc) is 3.23. The van der Waals surface area contributed by atoms with Crippen molar-refractivity contribution in [2.45, 2.75) is 127 Å². The summed E-state index contributed by atoms with van der Waals surface area (Å²) in [4.78, 5) is 25.7. The van der Waals surface area contributed by atoms with Crippen LogP contribution in [0.3, 0.4) is 0 Å². The Hall–Kier alpha value is -1.32. The molecule has 4 aliphatic carbocycles. The van der Waals surface area contributed by atoms with Crippen molar-refractivity contribution in [2.24, 2.45) is 28.6 Å². The molecule has 8 heteroatoms. The van der Waals surface area contributed by atoms with Crippen molar-refractivity contribution in [2.75, 3.05) is 0 Å². The topological polar surface area (TPSA) is 145 Å². The highest BCUT2D eigenvalue weighted by atomic mass is 16.6. The number of rotatable bonds is 5. The smallest absolute Gasteiger partial charge is 0.309 e. The Balaban J connectivity index is 1.51. The summed E-state index contributed by atoms with van der Waals surface area (Å²) in [6.07, 6.45) is 2.33. The second kappa shape index (κ2) is 8.10. The molecule has 5 rings (SSSR count). The predicted molar refractivity (Wildman–Crippen MR) is 134 cm³/mol. The highest BCUT2D eigenvalue weighted by Gasteiger charge is 2.74. The molecule has 8 nitrogen and oxygen atoms in total. The van der Waals surface area contributed by atoms with E-state index in [1.165, 1.54) is 6.08 Å². The van der Waals surface area contributed by atoms with Crippen molar-refractivity contribution in [3.8, 4) is 0 Å². The Morgan fingerprint density at radius 1 is 1.05 bits per heavy atom. The van der Waals surface area contributed by atoms with E-state index in [0.717, 1.165) is 6.42 Å². The predicted octanol–water partition coefficient (Wildman–Crippen LogP) is 2.18. The van der Waals surface area contributed by atoms with Gasteiger partial charge in [0.2, 0.25) is 0 Å². The van der Waals surface area contributed by atoms with Gasteiger partial charge in [-0.2, -0.15) is 0 Å². The van der Waals surface area contributed by atoms with Crippen molar-refractivity contribution in [3.05, 3.63) is 11.6 Å². The molecular weight excluding hydrogens is 476 g/mol. The van der Waals surface area contributed by atoms with Crippen molar-refractivity contribution in [3.63, 3.8) is 0 Å². The number of hydrogen-bond donors (Lipinski definition) is 5. The number of aliphatic hydroxyl groups is 5. The molecule has 5 N–H and O–H groups in total. The number of ketones is 1. The van der Waals surface area contributed by atoms with Gasteiger partial charge in [0, 0.05) is 17.3 Å². The number of esters is 1. The molecule has 0 radical (unpaired) electrons. The highest BCUT2D eigenvalue weighted by Crippen LogP contribution is 2.70. The summed E-state index contributed by atoms with van der Waals surface area (Å²) in [5.41, 5.74) is -7.42. The summed E-state index contributed by atoms with van der Waals surface area (Å²) in [7, 11) is 0. The van der Waals surface area contributed by atoms with Crippen LogP contribution in [0.1, 0.15) is 92.4 Å². The van der Waals surface area contributed by atoms with Crippen LogP contribution >= 0.6 is 0 Å². The zero-order chi connectivity index (χ0) is 27.4. The fraction of sp³-hybridized carbons (Fsp3) is 0.862. The second-order valence-corrected chi connectivity index (χ2v) is 14.1. The lowest BCUT2D eigenvalue weighted by molar-refractivity contribution is -0.224. The zero-order valence-electron chi connectivity index (χ0n) is 22.8. The lowest BCUT2D eigenvalue weighted by Crippen LogP contribution is -2.70. The monoisotopic (exact) mass is 520 g/mol. The molecule has 1 aliphatic heterocycles. The molecule has 5 aliphatic rings. The average molecular weight is 521 g/mol. The van der Waals surface area contributed by atoms with Crippen LogP contribution in [0.25, 0.3) is 0 Å². The molecular formula is C29H44O8. The molecule has 208 valence electrons. The number of fused-ring (bicyclic) bond motifs is 6. The van der Waals surface area contributed by atoms with Gasteiger partial charge in [-0.1, -0.05) is 27.7 Å². The van der Waals surface area contributed by atoms with E-state index in [1.54, 1.807) is 13.8 Å². The Labute approximate surface area is 219 Å². The first-order chi connectivity index (χ1) is 16.9. The van der Waals surface area contributed by atoms with Crippen LogP contribution in [0.15, 0.2) is 11.6 Å². The third kappa shape index (κ3) is 3.45. The van der Waals surface area contributed by atoms with E-state index in [2.05, 4.69) is 13.8 Å². The maximum Gasteiger partial charge on any atom is 0.309 e. The minimum absolute atomic E-state index is 0.0164. The number of hydrogen-bond acceptors (Lipinski definition) is 8. The first-order valence-electron chi connectivity index (χ1n) is 14.0. The minimum Gasteiger partial charge on any atom is -0.459 e. The number of carbonyl (C=O) groups is 2. The first-order valence-corrected chi connectivity index (χ1v) is 14.0. The second-order valence-electron chi connectivity index (χ2n) is 14.1. The van der Waals surface area contributed by atoms with Gasteiger partial charge in [-0.3, -0.25) is 9.59 Å². The van der Waals surface area contributed by atoms with Crippen LogP contribution in [0.4, 0.5) is 0 Å². The van der Waals surface area contributed by atoms with E-state index < -0.39 is 63.1 Å². The van der Waals surface area contributed by atoms with Crippen LogP contribution in [0, 0.1) is 28.6 Å². The summed E-state index contributed by atoms with van der Waals surface area (Å²) in [5, 5.41) is 58.2. The number of aliphatic hydroxyl groups excluding tert-OH is 1. The maximum absolute atomic E-state index is 13.6. The normalized spacial score (nSPS) is 49.4. The molecule has 1 saturated heterocycles. The molecule has 0 bridgehead atoms. The van der Waals surface area contributed by atoms with Crippen LogP contribution in [0.2, 0.25) is 0 Å². The molecule has 0 spiro atoms. The summed E-state index contributed by atoms with van der Waals surface area (Å²) < 4.78 is 5.30. The third-order valence-corrected chi connectivity index (χ3v) is 11.6. The van der Waals surface area contributed by atoms with Gasteiger partial charge < -0.3 is 30.3 Å². The molecule has 0 amide bonds. The minimum atomic E-state index is -1.82. The van der Waals surface area contributed by atoms with E-state index in [1.807, 2.05) is 6.92 Å². The Kier molecular flexibility index (Phi) is 5.97. The van der Waals surface area contributed by atoms with Crippen molar-refractivity contribution in [1.29, 1.82) is 0 Å². The fourth-order valence-corrected chi connectivity index (χ4v) is 9.24. The molecule has 10 atom stereocenters. The van der Waals surface area contributed by atoms with Crippen LogP contribution in [0.5, 0.6) is 0 Å². The lowest BCUT2D eigenvalue weighted by atomic mass is 9.43. The Bertz CT molecular complexity index is 1030. The first kappa shape index (κ1) is 27.3. The van der Waals surface area contributed by atoms with Gasteiger partial charge in [0.05, 0.1) is 23.7 Å². The Morgan fingerprint density at radius 2 is 1.73 bits per heavy atom. The summed E-state index contributed by atoms with van der Waals surface area (Å²) in [5.74, 6) is -1.45. The van der Waals surface area contributed by atoms with Gasteiger partial charge in [0.15, 0.2) is 5.78 Å². The van der Waals surface area contributed by atoms with Crippen LogP contribution in [-0.4, -0.2) is 71.9 Å². The van der Waals surface area contributed by atoms with Crippen molar-refractivity contribution >= 4 is 11.8 Å². The van der Waals surface area contributed by atoms with Crippen LogP contribution in [-0.2, 0) is 14.3 Å². The summed E-state index contributed by atoms with van der Waals surface area (Å²) in [6, 6.07) is 0. The van der Waals surface area contributed by atoms with E-state index in [0.29, 0.717) is 43.6 Å². The van der Waals surface area contributed by atoms with E-state index in [9.17, 15) is 35.1 Å².